The highest BCUT2D eigenvalue weighted by Crippen LogP contribution is 2.35. The van der Waals surface area contributed by atoms with Gasteiger partial charge in [-0.05, 0) is 18.6 Å². The molecule has 7 heteroatoms. The molecule has 0 aliphatic heterocycles. The lowest BCUT2D eigenvalue weighted by Crippen LogP contribution is -2.04. The minimum atomic E-state index is -0.00266. The summed E-state index contributed by atoms with van der Waals surface area (Å²) in [5.74, 6) is 0.776. The van der Waals surface area contributed by atoms with Gasteiger partial charge in [-0.2, -0.15) is 0 Å². The molecule has 3 N–H and O–H groups in total. The van der Waals surface area contributed by atoms with Crippen LogP contribution in [0.3, 0.4) is 0 Å². The van der Waals surface area contributed by atoms with Crippen LogP contribution in [-0.2, 0) is 7.05 Å². The van der Waals surface area contributed by atoms with E-state index < -0.39 is 0 Å². The predicted molar refractivity (Wildman–Crippen MR) is 99.3 cm³/mol. The van der Waals surface area contributed by atoms with E-state index in [1.54, 1.807) is 17.7 Å². The van der Waals surface area contributed by atoms with E-state index in [9.17, 15) is 0 Å². The van der Waals surface area contributed by atoms with Gasteiger partial charge in [0.1, 0.15) is 26.4 Å². The summed E-state index contributed by atoms with van der Waals surface area (Å²) in [6.07, 6.45) is 1.79. The van der Waals surface area contributed by atoms with Crippen molar-refractivity contribution in [1.82, 2.24) is 19.5 Å². The van der Waals surface area contributed by atoms with Crippen molar-refractivity contribution in [3.8, 4) is 10.6 Å². The van der Waals surface area contributed by atoms with Gasteiger partial charge in [-0.25, -0.2) is 15.0 Å². The first-order valence-corrected chi connectivity index (χ1v) is 8.55. The third-order valence-electron chi connectivity index (χ3n) is 4.10. The lowest BCUT2D eigenvalue weighted by Gasteiger charge is -2.06. The third-order valence-corrected chi connectivity index (χ3v) is 5.10. The third kappa shape index (κ3) is 2.24. The summed E-state index contributed by atoms with van der Waals surface area (Å²) in [6, 6.07) is 8.21. The zero-order valence-corrected chi connectivity index (χ0v) is 14.6. The number of nitrogens with zero attached hydrogens (tertiary/aromatic N) is 4. The molecule has 0 aliphatic rings. The van der Waals surface area contributed by atoms with Gasteiger partial charge in [-0.3, -0.25) is 0 Å². The minimum Gasteiger partial charge on any atom is -0.371 e. The van der Waals surface area contributed by atoms with E-state index in [4.69, 9.17) is 10.7 Å². The summed E-state index contributed by atoms with van der Waals surface area (Å²) in [4.78, 5) is 14.9. The van der Waals surface area contributed by atoms with Crippen LogP contribution < -0.4 is 11.1 Å². The Balaban J connectivity index is 1.97. The molecule has 0 aliphatic carbocycles. The van der Waals surface area contributed by atoms with Gasteiger partial charge in [0, 0.05) is 25.7 Å². The smallest absolute Gasteiger partial charge is 0.155 e. The fourth-order valence-electron chi connectivity index (χ4n) is 2.83. The Morgan fingerprint density at radius 2 is 2.08 bits per heavy atom. The highest BCUT2D eigenvalue weighted by atomic mass is 32.1. The van der Waals surface area contributed by atoms with Crippen molar-refractivity contribution >= 4 is 38.5 Å². The van der Waals surface area contributed by atoms with Gasteiger partial charge in [0.25, 0.3) is 0 Å². The molecule has 3 aromatic heterocycles. The number of nitrogens with two attached hydrogens (primary N) is 1. The number of thiazole rings is 1. The van der Waals surface area contributed by atoms with Gasteiger partial charge in [0.15, 0.2) is 5.82 Å². The second-order valence-electron chi connectivity index (χ2n) is 5.85. The Bertz CT molecular complexity index is 1050. The van der Waals surface area contributed by atoms with Crippen LogP contribution in [0.1, 0.15) is 18.5 Å². The molecule has 24 heavy (non-hydrogen) atoms. The van der Waals surface area contributed by atoms with Gasteiger partial charge >= 0.3 is 0 Å². The predicted octanol–water partition coefficient (Wildman–Crippen LogP) is 3.31. The maximum Gasteiger partial charge on any atom is 0.155 e. The Morgan fingerprint density at radius 3 is 2.83 bits per heavy atom. The van der Waals surface area contributed by atoms with Crippen molar-refractivity contribution in [1.29, 1.82) is 0 Å². The monoisotopic (exact) mass is 338 g/mol. The second kappa shape index (κ2) is 5.54. The van der Waals surface area contributed by atoms with Crippen LogP contribution in [0.2, 0.25) is 0 Å². The van der Waals surface area contributed by atoms with Crippen molar-refractivity contribution < 1.29 is 0 Å². The highest BCUT2D eigenvalue weighted by molar-refractivity contribution is 7.21. The lowest BCUT2D eigenvalue weighted by atomic mass is 10.1. The lowest BCUT2D eigenvalue weighted by molar-refractivity contribution is 0.819. The molecule has 1 aromatic carbocycles. The molecule has 122 valence electrons. The Kier molecular flexibility index (Phi) is 3.47. The average Bonchev–Trinajstić information content (AvgIpc) is 3.17. The summed E-state index contributed by atoms with van der Waals surface area (Å²) in [5, 5.41) is 4.06. The highest BCUT2D eigenvalue weighted by Gasteiger charge is 2.17. The molecular formula is C17H18N6S. The van der Waals surface area contributed by atoms with Crippen LogP contribution in [0, 0.1) is 0 Å². The Hall–Kier alpha value is -2.51. The molecular weight excluding hydrogens is 320 g/mol. The molecule has 0 radical (unpaired) electrons. The van der Waals surface area contributed by atoms with Gasteiger partial charge < -0.3 is 15.6 Å². The van der Waals surface area contributed by atoms with E-state index in [2.05, 4.69) is 27.4 Å². The topological polar surface area (TPSA) is 81.7 Å². The summed E-state index contributed by atoms with van der Waals surface area (Å²) in [5.41, 5.74) is 10.9. The zero-order valence-electron chi connectivity index (χ0n) is 13.7. The number of fused-ring (bicyclic) bond motifs is 3. The Morgan fingerprint density at radius 1 is 1.25 bits per heavy atom. The molecule has 0 saturated heterocycles. The average molecular weight is 338 g/mol. The SMILES string of the molecule is CNc1nc2sc(-c3cccc(C(C)N)c3)nc2c2c1ncn2C. The van der Waals surface area contributed by atoms with Gasteiger partial charge in [0.2, 0.25) is 0 Å². The molecule has 3 heterocycles. The summed E-state index contributed by atoms with van der Waals surface area (Å²) in [6.45, 7) is 1.98. The zero-order chi connectivity index (χ0) is 16.8. The van der Waals surface area contributed by atoms with E-state index in [0.29, 0.717) is 0 Å². The number of rotatable bonds is 3. The van der Waals surface area contributed by atoms with Gasteiger partial charge in [0.05, 0.1) is 6.33 Å². The van der Waals surface area contributed by atoms with Crippen LogP contribution in [-0.4, -0.2) is 26.6 Å². The van der Waals surface area contributed by atoms with Crippen LogP contribution >= 0.6 is 11.3 Å². The molecule has 6 nitrogen and oxygen atoms in total. The largest absolute Gasteiger partial charge is 0.371 e. The fourth-order valence-corrected chi connectivity index (χ4v) is 3.77. The quantitative estimate of drug-likeness (QED) is 0.599. The number of anilines is 1. The summed E-state index contributed by atoms with van der Waals surface area (Å²) in [7, 11) is 3.83. The molecule has 4 rings (SSSR count). The molecule has 4 aromatic rings. The maximum atomic E-state index is 6.00. The number of imidazole rings is 1. The van der Waals surface area contributed by atoms with Crippen LogP contribution in [0.15, 0.2) is 30.6 Å². The molecule has 1 atom stereocenters. The first-order valence-electron chi connectivity index (χ1n) is 7.73. The molecule has 0 fully saturated rings. The van der Waals surface area contributed by atoms with E-state index in [1.807, 2.05) is 37.7 Å². The molecule has 0 spiro atoms. The van der Waals surface area contributed by atoms with E-state index in [1.165, 1.54) is 0 Å². The summed E-state index contributed by atoms with van der Waals surface area (Å²) < 4.78 is 1.99. The maximum absolute atomic E-state index is 6.00. The van der Waals surface area contributed by atoms with Gasteiger partial charge in [-0.15, -0.1) is 0 Å². The van der Waals surface area contributed by atoms with Crippen LogP contribution in [0.4, 0.5) is 5.82 Å². The van der Waals surface area contributed by atoms with Crippen molar-refractivity contribution in [2.45, 2.75) is 13.0 Å². The van der Waals surface area contributed by atoms with Crippen molar-refractivity contribution in [2.75, 3.05) is 12.4 Å². The first-order chi connectivity index (χ1) is 11.6. The van der Waals surface area contributed by atoms with E-state index >= 15 is 0 Å². The number of benzene rings is 1. The van der Waals surface area contributed by atoms with Crippen LogP contribution in [0.5, 0.6) is 0 Å². The Labute approximate surface area is 143 Å². The molecule has 0 amide bonds. The van der Waals surface area contributed by atoms with Gasteiger partial charge in [-0.1, -0.05) is 29.5 Å². The standard InChI is InChI=1S/C17H18N6S/c1-9(18)10-5-4-6-11(7-10)16-21-13-14-12(20-8-23(14)3)15(19-2)22-17(13)24-16/h4-9H,18H2,1-3H3,(H,19,22). The van der Waals surface area contributed by atoms with Crippen molar-refractivity contribution in [3.05, 3.63) is 36.2 Å². The van der Waals surface area contributed by atoms with E-state index in [0.717, 1.165) is 43.3 Å². The summed E-state index contributed by atoms with van der Waals surface area (Å²) >= 11 is 1.58. The van der Waals surface area contributed by atoms with Crippen LogP contribution in [0.25, 0.3) is 32.0 Å². The number of hydrogen-bond donors (Lipinski definition) is 2. The number of aromatic nitrogens is 4. The van der Waals surface area contributed by atoms with E-state index in [-0.39, 0.29) is 6.04 Å². The number of hydrogen-bond acceptors (Lipinski definition) is 6. The number of nitrogens with one attached hydrogen (secondary N) is 1. The normalized spacial score (nSPS) is 12.8. The fraction of sp³-hybridized carbons (Fsp3) is 0.235. The number of aryl methyl sites for hydroxylation is 1. The molecule has 0 saturated carbocycles. The minimum absolute atomic E-state index is 0.00266. The second-order valence-corrected chi connectivity index (χ2v) is 6.83. The van der Waals surface area contributed by atoms with Crippen molar-refractivity contribution in [3.63, 3.8) is 0 Å². The first kappa shape index (κ1) is 15.0. The number of pyridine rings is 1. The van der Waals surface area contributed by atoms with Crippen molar-refractivity contribution in [2.24, 2.45) is 12.8 Å². The molecule has 0 bridgehead atoms. The molecule has 1 unspecified atom stereocenters.